The Morgan fingerprint density at radius 2 is 2.15 bits per heavy atom. The number of carboxylic acid groups (broad SMARTS) is 1. The van der Waals surface area contributed by atoms with Crippen molar-refractivity contribution >= 4 is 21.9 Å². The number of ether oxygens (including phenoxy) is 2. The molecule has 0 saturated carbocycles. The number of aromatic nitrogens is 2. The van der Waals surface area contributed by atoms with E-state index in [1.165, 1.54) is 31.6 Å². The molecule has 2 rings (SSSR count). The minimum Gasteiger partial charge on any atom is -0.493 e. The lowest BCUT2D eigenvalue weighted by Crippen LogP contribution is -2.08. The van der Waals surface area contributed by atoms with Crippen LogP contribution in [0.4, 0.5) is 0 Å². The molecule has 0 aliphatic rings. The van der Waals surface area contributed by atoms with Gasteiger partial charge in [0.15, 0.2) is 11.5 Å². The van der Waals surface area contributed by atoms with E-state index in [1.54, 1.807) is 0 Å². The third-order valence-electron chi connectivity index (χ3n) is 2.38. The van der Waals surface area contributed by atoms with E-state index in [0.29, 0.717) is 0 Å². The van der Waals surface area contributed by atoms with Crippen LogP contribution in [-0.4, -0.2) is 28.2 Å². The normalized spacial score (nSPS) is 10.1. The SMILES string of the molecule is COc1cc(C(=O)O)ccc1Oc1nc[nH]c(=O)c1Br. The lowest BCUT2D eigenvalue weighted by Gasteiger charge is -2.10. The van der Waals surface area contributed by atoms with Gasteiger partial charge in [-0.25, -0.2) is 9.78 Å². The first-order chi connectivity index (χ1) is 9.52. The van der Waals surface area contributed by atoms with Crippen molar-refractivity contribution in [2.45, 2.75) is 0 Å². The third-order valence-corrected chi connectivity index (χ3v) is 3.08. The lowest BCUT2D eigenvalue weighted by atomic mass is 10.2. The van der Waals surface area contributed by atoms with Crippen LogP contribution in [0.5, 0.6) is 17.4 Å². The van der Waals surface area contributed by atoms with Crippen molar-refractivity contribution in [2.24, 2.45) is 0 Å². The number of hydrogen-bond acceptors (Lipinski definition) is 5. The van der Waals surface area contributed by atoms with E-state index in [0.717, 1.165) is 0 Å². The Bertz CT molecular complexity index is 713. The second kappa shape index (κ2) is 5.74. The van der Waals surface area contributed by atoms with Crippen LogP contribution < -0.4 is 15.0 Å². The van der Waals surface area contributed by atoms with Crippen LogP contribution >= 0.6 is 15.9 Å². The molecular weight excluding hydrogens is 332 g/mol. The van der Waals surface area contributed by atoms with E-state index in [1.807, 2.05) is 0 Å². The topological polar surface area (TPSA) is 102 Å². The quantitative estimate of drug-likeness (QED) is 0.882. The zero-order valence-electron chi connectivity index (χ0n) is 10.2. The number of hydrogen-bond donors (Lipinski definition) is 2. The van der Waals surface area contributed by atoms with Gasteiger partial charge in [-0.15, -0.1) is 0 Å². The molecule has 0 spiro atoms. The summed E-state index contributed by atoms with van der Waals surface area (Å²) in [6, 6.07) is 4.11. The summed E-state index contributed by atoms with van der Waals surface area (Å²) in [5.74, 6) is -0.560. The van der Waals surface area contributed by atoms with Gasteiger partial charge in [0.05, 0.1) is 19.0 Å². The zero-order valence-corrected chi connectivity index (χ0v) is 11.8. The maximum Gasteiger partial charge on any atom is 0.335 e. The first kappa shape index (κ1) is 14.1. The smallest absolute Gasteiger partial charge is 0.335 e. The number of nitrogens with zero attached hydrogens (tertiary/aromatic N) is 1. The van der Waals surface area contributed by atoms with Gasteiger partial charge in [-0.1, -0.05) is 0 Å². The molecule has 0 aliphatic carbocycles. The lowest BCUT2D eigenvalue weighted by molar-refractivity contribution is 0.0696. The molecule has 20 heavy (non-hydrogen) atoms. The minimum absolute atomic E-state index is 0.0510. The fraction of sp³-hybridized carbons (Fsp3) is 0.0833. The van der Waals surface area contributed by atoms with Crippen LogP contribution in [0.1, 0.15) is 10.4 Å². The van der Waals surface area contributed by atoms with Crippen LogP contribution in [0.15, 0.2) is 33.8 Å². The van der Waals surface area contributed by atoms with E-state index in [-0.39, 0.29) is 27.4 Å². The molecule has 2 N–H and O–H groups in total. The first-order valence-electron chi connectivity index (χ1n) is 5.35. The van der Waals surface area contributed by atoms with Gasteiger partial charge in [-0.05, 0) is 34.1 Å². The van der Waals surface area contributed by atoms with Crippen LogP contribution in [0, 0.1) is 0 Å². The molecule has 0 fully saturated rings. The summed E-state index contributed by atoms with van der Waals surface area (Å²) in [7, 11) is 1.38. The Morgan fingerprint density at radius 1 is 1.40 bits per heavy atom. The number of aromatic amines is 1. The Kier molecular flexibility index (Phi) is 4.04. The highest BCUT2D eigenvalue weighted by atomic mass is 79.9. The van der Waals surface area contributed by atoms with Crippen LogP contribution in [0.2, 0.25) is 0 Å². The zero-order chi connectivity index (χ0) is 14.7. The van der Waals surface area contributed by atoms with Crippen molar-refractivity contribution in [3.05, 3.63) is 44.9 Å². The van der Waals surface area contributed by atoms with Crippen molar-refractivity contribution < 1.29 is 19.4 Å². The predicted molar refractivity (Wildman–Crippen MR) is 72.6 cm³/mol. The molecule has 1 aromatic carbocycles. The van der Waals surface area contributed by atoms with E-state index in [9.17, 15) is 9.59 Å². The summed E-state index contributed by atoms with van der Waals surface area (Å²) in [5, 5.41) is 8.90. The standard InChI is InChI=1S/C12H9BrN2O5/c1-19-8-4-6(12(17)18)2-3-7(8)20-11-9(13)10(16)14-5-15-11/h2-5H,1H3,(H,17,18)(H,14,15,16). The number of carbonyl (C=O) groups is 1. The summed E-state index contributed by atoms with van der Waals surface area (Å²) in [5.41, 5.74) is -0.330. The van der Waals surface area contributed by atoms with Gasteiger partial charge in [-0.2, -0.15) is 0 Å². The van der Waals surface area contributed by atoms with E-state index in [4.69, 9.17) is 14.6 Å². The number of aromatic carboxylic acids is 1. The van der Waals surface area contributed by atoms with Gasteiger partial charge in [-0.3, -0.25) is 4.79 Å². The molecular formula is C12H9BrN2O5. The number of nitrogens with one attached hydrogen (secondary N) is 1. The number of halogens is 1. The fourth-order valence-electron chi connectivity index (χ4n) is 1.43. The Labute approximate surface area is 121 Å². The molecule has 0 aliphatic heterocycles. The van der Waals surface area contributed by atoms with Crippen LogP contribution in [-0.2, 0) is 0 Å². The van der Waals surface area contributed by atoms with Crippen molar-refractivity contribution in [3.8, 4) is 17.4 Å². The van der Waals surface area contributed by atoms with Gasteiger partial charge in [0.1, 0.15) is 4.47 Å². The first-order valence-corrected chi connectivity index (χ1v) is 6.14. The summed E-state index contributed by atoms with van der Waals surface area (Å²) >= 11 is 3.06. The molecule has 8 heteroatoms. The van der Waals surface area contributed by atoms with Crippen molar-refractivity contribution in [3.63, 3.8) is 0 Å². The number of methoxy groups -OCH3 is 1. The third kappa shape index (κ3) is 2.80. The maximum atomic E-state index is 11.4. The van der Waals surface area contributed by atoms with Crippen molar-refractivity contribution in [2.75, 3.05) is 7.11 Å². The monoisotopic (exact) mass is 340 g/mol. The summed E-state index contributed by atoms with van der Waals surface area (Å²) < 4.78 is 10.6. The van der Waals surface area contributed by atoms with Gasteiger partial charge >= 0.3 is 5.97 Å². The molecule has 2 aromatic rings. The Balaban J connectivity index is 2.41. The molecule has 1 aromatic heterocycles. The van der Waals surface area contributed by atoms with Gasteiger partial charge < -0.3 is 19.6 Å². The average molecular weight is 341 g/mol. The van der Waals surface area contributed by atoms with Crippen molar-refractivity contribution in [1.29, 1.82) is 0 Å². The highest BCUT2D eigenvalue weighted by molar-refractivity contribution is 9.10. The summed E-state index contributed by atoms with van der Waals surface area (Å²) in [4.78, 5) is 28.5. The van der Waals surface area contributed by atoms with Crippen LogP contribution in [0.25, 0.3) is 0 Å². The second-order valence-electron chi connectivity index (χ2n) is 3.62. The highest BCUT2D eigenvalue weighted by Crippen LogP contribution is 2.33. The Morgan fingerprint density at radius 3 is 2.80 bits per heavy atom. The summed E-state index contributed by atoms with van der Waals surface area (Å²) in [6.45, 7) is 0. The molecule has 0 atom stereocenters. The maximum absolute atomic E-state index is 11.4. The number of carboxylic acids is 1. The minimum atomic E-state index is -1.08. The largest absolute Gasteiger partial charge is 0.493 e. The fourth-order valence-corrected chi connectivity index (χ4v) is 1.72. The predicted octanol–water partition coefficient (Wildman–Crippen LogP) is 2.03. The number of rotatable bonds is 4. The van der Waals surface area contributed by atoms with E-state index >= 15 is 0 Å². The molecule has 0 amide bonds. The van der Waals surface area contributed by atoms with E-state index < -0.39 is 11.5 Å². The number of H-pyrrole nitrogens is 1. The molecule has 1 heterocycles. The molecule has 7 nitrogen and oxygen atoms in total. The molecule has 0 unspecified atom stereocenters. The van der Waals surface area contributed by atoms with Gasteiger partial charge in [0.25, 0.3) is 5.56 Å². The van der Waals surface area contributed by atoms with Gasteiger partial charge in [0.2, 0.25) is 5.88 Å². The summed E-state index contributed by atoms with van der Waals surface area (Å²) in [6.07, 6.45) is 1.19. The Hall–Kier alpha value is -2.35. The van der Waals surface area contributed by atoms with Gasteiger partial charge in [0, 0.05) is 0 Å². The highest BCUT2D eigenvalue weighted by Gasteiger charge is 2.14. The van der Waals surface area contributed by atoms with E-state index in [2.05, 4.69) is 25.9 Å². The second-order valence-corrected chi connectivity index (χ2v) is 4.42. The number of benzene rings is 1. The average Bonchev–Trinajstić information content (AvgIpc) is 2.44. The van der Waals surface area contributed by atoms with Crippen molar-refractivity contribution in [1.82, 2.24) is 9.97 Å². The molecule has 104 valence electrons. The van der Waals surface area contributed by atoms with Crippen LogP contribution in [0.3, 0.4) is 0 Å². The molecule has 0 radical (unpaired) electrons. The molecule has 0 bridgehead atoms. The molecule has 0 saturated heterocycles.